The third-order valence-corrected chi connectivity index (χ3v) is 5.28. The van der Waals surface area contributed by atoms with Gasteiger partial charge in [-0.25, -0.2) is 8.78 Å². The summed E-state index contributed by atoms with van der Waals surface area (Å²) in [6.45, 7) is 2.78. The molecule has 0 saturated carbocycles. The van der Waals surface area contributed by atoms with Crippen LogP contribution in [0.25, 0.3) is 5.69 Å². The third kappa shape index (κ3) is 4.43. The van der Waals surface area contributed by atoms with Crippen molar-refractivity contribution in [3.05, 3.63) is 85.5 Å². The van der Waals surface area contributed by atoms with Gasteiger partial charge in [0, 0.05) is 23.4 Å². The predicted octanol–water partition coefficient (Wildman–Crippen LogP) is 3.49. The maximum absolute atomic E-state index is 13.8. The molecule has 0 aliphatic heterocycles. The van der Waals surface area contributed by atoms with Crippen molar-refractivity contribution in [1.82, 2.24) is 9.55 Å². The quantitative estimate of drug-likeness (QED) is 0.563. The molecular formula is C21H19BrF2N2O4. The maximum atomic E-state index is 13.8. The predicted molar refractivity (Wildman–Crippen MR) is 110 cm³/mol. The van der Waals surface area contributed by atoms with Gasteiger partial charge >= 0.3 is 0 Å². The molecule has 2 heterocycles. The van der Waals surface area contributed by atoms with E-state index in [0.29, 0.717) is 22.6 Å². The van der Waals surface area contributed by atoms with Gasteiger partial charge in [-0.05, 0) is 53.5 Å². The second-order valence-electron chi connectivity index (χ2n) is 6.72. The van der Waals surface area contributed by atoms with E-state index in [1.807, 2.05) is 0 Å². The van der Waals surface area contributed by atoms with Gasteiger partial charge in [0.15, 0.2) is 0 Å². The first kappa shape index (κ1) is 22.1. The Kier molecular flexibility index (Phi) is 6.64. The molecule has 3 aromatic rings. The van der Waals surface area contributed by atoms with Gasteiger partial charge in [0.1, 0.15) is 34.6 Å². The number of benzene rings is 1. The van der Waals surface area contributed by atoms with E-state index < -0.39 is 29.9 Å². The number of aryl methyl sites for hydroxylation is 2. The van der Waals surface area contributed by atoms with Gasteiger partial charge < -0.3 is 14.9 Å². The summed E-state index contributed by atoms with van der Waals surface area (Å²) in [7, 11) is 0. The molecule has 0 radical (unpaired) electrons. The Morgan fingerprint density at radius 1 is 1.23 bits per heavy atom. The molecule has 0 spiro atoms. The number of hydrogen-bond donors (Lipinski definition) is 2. The van der Waals surface area contributed by atoms with E-state index in [2.05, 4.69) is 20.9 Å². The molecule has 1 unspecified atom stereocenters. The highest BCUT2D eigenvalue weighted by atomic mass is 79.9. The topological polar surface area (TPSA) is 84.6 Å². The van der Waals surface area contributed by atoms with Gasteiger partial charge in [-0.15, -0.1) is 0 Å². The van der Waals surface area contributed by atoms with Crippen LogP contribution in [-0.2, 0) is 6.61 Å². The zero-order valence-electron chi connectivity index (χ0n) is 16.2. The van der Waals surface area contributed by atoms with Crippen molar-refractivity contribution in [3.8, 4) is 11.4 Å². The molecular weight excluding hydrogens is 462 g/mol. The Morgan fingerprint density at radius 2 is 1.97 bits per heavy atom. The Morgan fingerprint density at radius 3 is 2.60 bits per heavy atom. The molecule has 0 aliphatic carbocycles. The van der Waals surface area contributed by atoms with Crippen LogP contribution in [0.5, 0.6) is 5.75 Å². The molecule has 0 saturated heterocycles. The molecule has 0 bridgehead atoms. The SMILES string of the molecule is Cc1cc(-n2c(C)cc(OCc3ccc(F)cc3F)c(Br)c2=O)cnc1C(O)CO. The van der Waals surface area contributed by atoms with E-state index in [9.17, 15) is 18.7 Å². The third-order valence-electron chi connectivity index (χ3n) is 4.55. The minimum Gasteiger partial charge on any atom is -0.487 e. The van der Waals surface area contributed by atoms with Crippen molar-refractivity contribution < 1.29 is 23.7 Å². The number of rotatable bonds is 6. The van der Waals surface area contributed by atoms with Gasteiger partial charge in [0.25, 0.3) is 5.56 Å². The van der Waals surface area contributed by atoms with Crippen molar-refractivity contribution in [2.45, 2.75) is 26.6 Å². The second kappa shape index (κ2) is 9.03. The first-order valence-electron chi connectivity index (χ1n) is 8.97. The van der Waals surface area contributed by atoms with Gasteiger partial charge in [-0.3, -0.25) is 14.3 Å². The number of aromatic nitrogens is 2. The fourth-order valence-electron chi connectivity index (χ4n) is 3.03. The van der Waals surface area contributed by atoms with Crippen molar-refractivity contribution in [1.29, 1.82) is 0 Å². The highest BCUT2D eigenvalue weighted by molar-refractivity contribution is 9.10. The van der Waals surface area contributed by atoms with Gasteiger partial charge in [-0.1, -0.05) is 0 Å². The molecule has 0 aliphatic rings. The molecule has 2 N–H and O–H groups in total. The lowest BCUT2D eigenvalue weighted by molar-refractivity contribution is 0.0917. The summed E-state index contributed by atoms with van der Waals surface area (Å²) >= 11 is 3.23. The summed E-state index contributed by atoms with van der Waals surface area (Å²) in [5, 5.41) is 18.9. The smallest absolute Gasteiger partial charge is 0.273 e. The molecule has 6 nitrogen and oxygen atoms in total. The lowest BCUT2D eigenvalue weighted by atomic mass is 10.1. The monoisotopic (exact) mass is 480 g/mol. The average Bonchev–Trinajstić information content (AvgIpc) is 2.70. The first-order valence-corrected chi connectivity index (χ1v) is 9.77. The van der Waals surface area contributed by atoms with Crippen molar-refractivity contribution in [2.75, 3.05) is 6.61 Å². The molecule has 2 aromatic heterocycles. The zero-order valence-corrected chi connectivity index (χ0v) is 17.8. The second-order valence-corrected chi connectivity index (χ2v) is 7.52. The molecule has 0 amide bonds. The molecule has 0 fully saturated rings. The lowest BCUT2D eigenvalue weighted by Gasteiger charge is -2.16. The van der Waals surface area contributed by atoms with Crippen LogP contribution in [0.3, 0.4) is 0 Å². The van der Waals surface area contributed by atoms with E-state index in [1.165, 1.54) is 16.8 Å². The largest absolute Gasteiger partial charge is 0.487 e. The van der Waals surface area contributed by atoms with Gasteiger partial charge in [0.2, 0.25) is 0 Å². The Bertz CT molecular complexity index is 1150. The number of ether oxygens (including phenoxy) is 1. The van der Waals surface area contributed by atoms with E-state index in [-0.39, 0.29) is 22.4 Å². The summed E-state index contributed by atoms with van der Waals surface area (Å²) < 4.78 is 34.0. The van der Waals surface area contributed by atoms with Crippen LogP contribution in [0, 0.1) is 25.5 Å². The zero-order chi connectivity index (χ0) is 22.0. The van der Waals surface area contributed by atoms with E-state index in [0.717, 1.165) is 12.1 Å². The van der Waals surface area contributed by atoms with E-state index in [4.69, 9.17) is 9.84 Å². The molecule has 9 heteroatoms. The molecule has 158 valence electrons. The fraction of sp³-hybridized carbons (Fsp3) is 0.238. The number of halogens is 3. The van der Waals surface area contributed by atoms with Crippen LogP contribution < -0.4 is 10.3 Å². The number of pyridine rings is 2. The summed E-state index contributed by atoms with van der Waals surface area (Å²) in [4.78, 5) is 17.1. The van der Waals surface area contributed by atoms with Crippen molar-refractivity contribution in [3.63, 3.8) is 0 Å². The number of aliphatic hydroxyl groups is 2. The molecule has 1 aromatic carbocycles. The van der Waals surface area contributed by atoms with E-state index in [1.54, 1.807) is 26.0 Å². The summed E-state index contributed by atoms with van der Waals surface area (Å²) in [6.07, 6.45) is 0.322. The highest BCUT2D eigenvalue weighted by Crippen LogP contribution is 2.26. The minimum atomic E-state index is -1.11. The van der Waals surface area contributed by atoms with Crippen molar-refractivity contribution in [2.24, 2.45) is 0 Å². The lowest BCUT2D eigenvalue weighted by Crippen LogP contribution is -2.22. The van der Waals surface area contributed by atoms with Gasteiger partial charge in [-0.2, -0.15) is 0 Å². The number of aliphatic hydroxyl groups excluding tert-OH is 2. The molecule has 1 atom stereocenters. The fourth-order valence-corrected chi connectivity index (χ4v) is 3.44. The van der Waals surface area contributed by atoms with Crippen LogP contribution in [-0.4, -0.2) is 26.4 Å². The summed E-state index contributed by atoms with van der Waals surface area (Å²) in [6, 6.07) is 6.47. The van der Waals surface area contributed by atoms with Crippen LogP contribution in [0.1, 0.15) is 28.6 Å². The highest BCUT2D eigenvalue weighted by Gasteiger charge is 2.17. The van der Waals surface area contributed by atoms with E-state index >= 15 is 0 Å². The summed E-state index contributed by atoms with van der Waals surface area (Å²) in [5.74, 6) is -1.20. The van der Waals surface area contributed by atoms with Crippen LogP contribution in [0.2, 0.25) is 0 Å². The number of nitrogens with zero attached hydrogens (tertiary/aromatic N) is 2. The van der Waals surface area contributed by atoms with Crippen molar-refractivity contribution >= 4 is 15.9 Å². The van der Waals surface area contributed by atoms with Crippen LogP contribution in [0.4, 0.5) is 8.78 Å². The Labute approximate surface area is 179 Å². The Balaban J connectivity index is 1.93. The van der Waals surface area contributed by atoms with Gasteiger partial charge in [0.05, 0.1) is 24.2 Å². The standard InChI is InChI=1S/C21H19BrF2N2O4/c1-11-5-15(8-25-20(11)17(28)9-27)26-12(2)6-18(19(22)21(26)29)30-10-13-3-4-14(23)7-16(13)24/h3-8,17,27-28H,9-10H2,1-2H3. The number of hydrogen-bond acceptors (Lipinski definition) is 5. The first-order chi connectivity index (χ1) is 14.2. The minimum absolute atomic E-state index is 0.132. The maximum Gasteiger partial charge on any atom is 0.273 e. The van der Waals surface area contributed by atoms with Crippen LogP contribution in [0.15, 0.2) is 45.8 Å². The Hall–Kier alpha value is -2.62. The normalized spacial score (nSPS) is 12.1. The molecule has 30 heavy (non-hydrogen) atoms. The summed E-state index contributed by atoms with van der Waals surface area (Å²) in [5.41, 5.74) is 1.69. The molecule has 3 rings (SSSR count). The van der Waals surface area contributed by atoms with Crippen LogP contribution >= 0.6 is 15.9 Å². The average molecular weight is 481 g/mol.